The van der Waals surface area contributed by atoms with E-state index in [2.05, 4.69) is 6.07 Å². The Kier molecular flexibility index (Phi) is 4.06. The molecule has 0 aliphatic rings. The molecule has 0 aliphatic heterocycles. The van der Waals surface area contributed by atoms with Crippen LogP contribution in [0.1, 0.15) is 16.7 Å². The first-order valence-electron chi connectivity index (χ1n) is 5.72. The summed E-state index contributed by atoms with van der Waals surface area (Å²) >= 11 is 6.00. The summed E-state index contributed by atoms with van der Waals surface area (Å²) in [4.78, 5) is 0. The van der Waals surface area contributed by atoms with E-state index < -0.39 is 0 Å². The highest BCUT2D eigenvalue weighted by molar-refractivity contribution is 6.31. The molecule has 3 nitrogen and oxygen atoms in total. The van der Waals surface area contributed by atoms with E-state index in [0.717, 1.165) is 5.56 Å². The summed E-state index contributed by atoms with van der Waals surface area (Å²) in [5.41, 5.74) is 2.12. The summed E-state index contributed by atoms with van der Waals surface area (Å²) in [5, 5.41) is 18.4. The number of benzene rings is 2. The molecule has 0 amide bonds. The molecule has 0 aromatic heterocycles. The first-order valence-corrected chi connectivity index (χ1v) is 6.09. The van der Waals surface area contributed by atoms with Gasteiger partial charge >= 0.3 is 0 Å². The fourth-order valence-corrected chi connectivity index (χ4v) is 1.86. The first-order chi connectivity index (χ1) is 9.13. The van der Waals surface area contributed by atoms with Crippen LogP contribution in [0.5, 0.6) is 11.5 Å². The summed E-state index contributed by atoms with van der Waals surface area (Å²) < 4.78 is 5.71. The molecule has 0 saturated heterocycles. The molecule has 0 bridgehead atoms. The quantitative estimate of drug-likeness (QED) is 0.925. The van der Waals surface area contributed by atoms with Crippen LogP contribution >= 0.6 is 11.6 Å². The lowest BCUT2D eigenvalue weighted by molar-refractivity contribution is 0.282. The summed E-state index contributed by atoms with van der Waals surface area (Å²) in [5.74, 6) is 1.19. The van der Waals surface area contributed by atoms with Crippen molar-refractivity contribution in [1.82, 2.24) is 0 Å². The van der Waals surface area contributed by atoms with Crippen molar-refractivity contribution in [2.45, 2.75) is 13.5 Å². The van der Waals surface area contributed by atoms with Crippen LogP contribution in [0.2, 0.25) is 5.02 Å². The van der Waals surface area contributed by atoms with Gasteiger partial charge in [-0.3, -0.25) is 0 Å². The smallest absolute Gasteiger partial charge is 0.131 e. The minimum absolute atomic E-state index is 0.109. The molecule has 0 unspecified atom stereocenters. The molecule has 96 valence electrons. The van der Waals surface area contributed by atoms with Crippen LogP contribution in [0.15, 0.2) is 36.4 Å². The third kappa shape index (κ3) is 3.05. The van der Waals surface area contributed by atoms with E-state index in [9.17, 15) is 0 Å². The Labute approximate surface area is 116 Å². The van der Waals surface area contributed by atoms with Gasteiger partial charge in [-0.2, -0.15) is 5.26 Å². The van der Waals surface area contributed by atoms with Crippen LogP contribution in [0, 0.1) is 18.3 Å². The third-order valence-corrected chi connectivity index (χ3v) is 3.09. The standard InChI is InChI=1S/C15H12ClNO2/c1-10-2-3-11(8-17)6-15(10)19-13-5-4-12(9-18)14(16)7-13/h2-7,18H,9H2,1H3. The number of nitrogens with zero attached hydrogens (tertiary/aromatic N) is 1. The van der Waals surface area contributed by atoms with Crippen molar-refractivity contribution in [3.63, 3.8) is 0 Å². The second-order valence-corrected chi connectivity index (χ2v) is 4.51. The van der Waals surface area contributed by atoms with Gasteiger partial charge in [-0.15, -0.1) is 0 Å². The minimum Gasteiger partial charge on any atom is -0.457 e. The topological polar surface area (TPSA) is 53.2 Å². The van der Waals surface area contributed by atoms with Crippen molar-refractivity contribution in [3.05, 3.63) is 58.1 Å². The molecule has 4 heteroatoms. The molecule has 2 aromatic carbocycles. The number of ether oxygens (including phenoxy) is 1. The molecular weight excluding hydrogens is 262 g/mol. The lowest BCUT2D eigenvalue weighted by Crippen LogP contribution is -1.91. The molecule has 0 radical (unpaired) electrons. The normalized spacial score (nSPS) is 10.0. The number of hydrogen-bond acceptors (Lipinski definition) is 3. The summed E-state index contributed by atoms with van der Waals surface area (Å²) in [6, 6.07) is 12.4. The maximum atomic E-state index is 9.05. The van der Waals surface area contributed by atoms with Gasteiger partial charge in [0, 0.05) is 5.02 Å². The Balaban J connectivity index is 2.31. The number of nitriles is 1. The Hall–Kier alpha value is -2.02. The molecule has 19 heavy (non-hydrogen) atoms. The number of aliphatic hydroxyl groups excluding tert-OH is 1. The van der Waals surface area contributed by atoms with E-state index in [4.69, 9.17) is 26.7 Å². The zero-order chi connectivity index (χ0) is 13.8. The molecule has 2 aromatic rings. The van der Waals surface area contributed by atoms with Gasteiger partial charge in [-0.1, -0.05) is 23.7 Å². The van der Waals surface area contributed by atoms with Gasteiger partial charge < -0.3 is 9.84 Å². The number of rotatable bonds is 3. The van der Waals surface area contributed by atoms with Crippen molar-refractivity contribution >= 4 is 11.6 Å². The van der Waals surface area contributed by atoms with Crippen molar-refractivity contribution < 1.29 is 9.84 Å². The first kappa shape index (κ1) is 13.4. The Morgan fingerprint density at radius 3 is 2.68 bits per heavy atom. The fourth-order valence-electron chi connectivity index (χ4n) is 1.63. The van der Waals surface area contributed by atoms with Gasteiger partial charge in [0.2, 0.25) is 0 Å². The number of aliphatic hydroxyl groups is 1. The van der Waals surface area contributed by atoms with Crippen LogP contribution in [0.25, 0.3) is 0 Å². The van der Waals surface area contributed by atoms with Gasteiger partial charge in [0.1, 0.15) is 11.5 Å². The van der Waals surface area contributed by atoms with E-state index in [1.807, 2.05) is 13.0 Å². The van der Waals surface area contributed by atoms with Crippen molar-refractivity contribution in [2.24, 2.45) is 0 Å². The van der Waals surface area contributed by atoms with Crippen LogP contribution in [0.4, 0.5) is 0 Å². The summed E-state index contributed by atoms with van der Waals surface area (Å²) in [6.07, 6.45) is 0. The maximum absolute atomic E-state index is 9.05. The molecule has 0 saturated carbocycles. The molecule has 2 rings (SSSR count). The van der Waals surface area contributed by atoms with Crippen molar-refractivity contribution in [1.29, 1.82) is 5.26 Å². The lowest BCUT2D eigenvalue weighted by atomic mass is 10.1. The monoisotopic (exact) mass is 273 g/mol. The van der Waals surface area contributed by atoms with Gasteiger partial charge in [-0.05, 0) is 42.3 Å². The Morgan fingerprint density at radius 1 is 1.26 bits per heavy atom. The van der Waals surface area contributed by atoms with E-state index in [0.29, 0.717) is 27.6 Å². The largest absolute Gasteiger partial charge is 0.457 e. The van der Waals surface area contributed by atoms with E-state index in [1.54, 1.807) is 30.3 Å². The van der Waals surface area contributed by atoms with Crippen LogP contribution in [-0.2, 0) is 6.61 Å². The second kappa shape index (κ2) is 5.75. The number of hydrogen-bond donors (Lipinski definition) is 1. The fraction of sp³-hybridized carbons (Fsp3) is 0.133. The maximum Gasteiger partial charge on any atom is 0.131 e. The minimum atomic E-state index is -0.109. The average Bonchev–Trinajstić information content (AvgIpc) is 2.41. The van der Waals surface area contributed by atoms with Gasteiger partial charge in [0.05, 0.1) is 18.2 Å². The molecule has 0 aliphatic carbocycles. The van der Waals surface area contributed by atoms with E-state index in [1.165, 1.54) is 0 Å². The number of halogens is 1. The van der Waals surface area contributed by atoms with E-state index in [-0.39, 0.29) is 6.61 Å². The zero-order valence-electron chi connectivity index (χ0n) is 10.4. The molecule has 0 atom stereocenters. The average molecular weight is 274 g/mol. The molecule has 0 heterocycles. The predicted octanol–water partition coefficient (Wildman–Crippen LogP) is 3.80. The Bertz CT molecular complexity index is 647. The molecule has 0 spiro atoms. The predicted molar refractivity (Wildman–Crippen MR) is 73.3 cm³/mol. The molecular formula is C15H12ClNO2. The van der Waals surface area contributed by atoms with Crippen molar-refractivity contribution in [3.8, 4) is 17.6 Å². The second-order valence-electron chi connectivity index (χ2n) is 4.11. The number of aryl methyl sites for hydroxylation is 1. The molecule has 0 fully saturated rings. The van der Waals surface area contributed by atoms with Crippen molar-refractivity contribution in [2.75, 3.05) is 0 Å². The van der Waals surface area contributed by atoms with Crippen LogP contribution < -0.4 is 4.74 Å². The zero-order valence-corrected chi connectivity index (χ0v) is 11.1. The summed E-state index contributed by atoms with van der Waals surface area (Å²) in [6.45, 7) is 1.79. The lowest BCUT2D eigenvalue weighted by Gasteiger charge is -2.10. The highest BCUT2D eigenvalue weighted by Crippen LogP contribution is 2.29. The molecule has 1 N–H and O–H groups in total. The van der Waals surface area contributed by atoms with Crippen LogP contribution in [-0.4, -0.2) is 5.11 Å². The van der Waals surface area contributed by atoms with Gasteiger partial charge in [0.25, 0.3) is 0 Å². The van der Waals surface area contributed by atoms with Gasteiger partial charge in [-0.25, -0.2) is 0 Å². The highest BCUT2D eigenvalue weighted by atomic mass is 35.5. The summed E-state index contributed by atoms with van der Waals surface area (Å²) in [7, 11) is 0. The van der Waals surface area contributed by atoms with Crippen LogP contribution in [0.3, 0.4) is 0 Å². The SMILES string of the molecule is Cc1ccc(C#N)cc1Oc1ccc(CO)c(Cl)c1. The highest BCUT2D eigenvalue weighted by Gasteiger charge is 2.06. The third-order valence-electron chi connectivity index (χ3n) is 2.74. The Morgan fingerprint density at radius 2 is 2.05 bits per heavy atom. The van der Waals surface area contributed by atoms with Gasteiger partial charge in [0.15, 0.2) is 0 Å². The van der Waals surface area contributed by atoms with E-state index >= 15 is 0 Å².